The lowest BCUT2D eigenvalue weighted by molar-refractivity contribution is -0.167. The maximum absolute atomic E-state index is 12.8. The Morgan fingerprint density at radius 2 is 0.585 bits per heavy atom. The summed E-state index contributed by atoms with van der Waals surface area (Å²) in [5, 5.41) is 0. The smallest absolute Gasteiger partial charge is 0.306 e. The van der Waals surface area contributed by atoms with E-state index >= 15 is 0 Å². The van der Waals surface area contributed by atoms with Gasteiger partial charge in [-0.15, -0.1) is 0 Å². The van der Waals surface area contributed by atoms with Crippen LogP contribution < -0.4 is 0 Å². The van der Waals surface area contributed by atoms with Crippen molar-refractivity contribution in [2.75, 3.05) is 13.2 Å². The van der Waals surface area contributed by atoms with Crippen molar-refractivity contribution >= 4 is 17.9 Å². The number of esters is 3. The molecule has 0 aromatic carbocycles. The summed E-state index contributed by atoms with van der Waals surface area (Å²) in [5.74, 6) is 0.845. The van der Waals surface area contributed by atoms with Gasteiger partial charge >= 0.3 is 17.9 Å². The number of unbranched alkanes of at least 4 members (excludes halogenated alkanes) is 37. The topological polar surface area (TPSA) is 78.9 Å². The molecule has 386 valence electrons. The first-order valence-electron chi connectivity index (χ1n) is 29.3. The van der Waals surface area contributed by atoms with Crippen LogP contribution in [0.4, 0.5) is 0 Å². The Morgan fingerprint density at radius 1 is 0.323 bits per heavy atom. The summed E-state index contributed by atoms with van der Waals surface area (Å²) in [7, 11) is 0. The van der Waals surface area contributed by atoms with Crippen molar-refractivity contribution in [3.63, 3.8) is 0 Å². The maximum Gasteiger partial charge on any atom is 0.306 e. The van der Waals surface area contributed by atoms with E-state index in [1.54, 1.807) is 0 Å². The third-order valence-electron chi connectivity index (χ3n) is 13.8. The van der Waals surface area contributed by atoms with Gasteiger partial charge in [-0.3, -0.25) is 14.4 Å². The van der Waals surface area contributed by atoms with Crippen molar-refractivity contribution in [3.05, 3.63) is 0 Å². The molecule has 0 spiro atoms. The maximum atomic E-state index is 12.8. The van der Waals surface area contributed by atoms with Crippen molar-refractivity contribution in [1.29, 1.82) is 0 Å². The molecule has 0 aromatic rings. The predicted molar refractivity (Wildman–Crippen MR) is 280 cm³/mol. The summed E-state index contributed by atoms with van der Waals surface area (Å²) in [6.07, 6.45) is 55.2. The number of carbonyl (C=O) groups is 3. The minimum atomic E-state index is -0.763. The summed E-state index contributed by atoms with van der Waals surface area (Å²) in [4.78, 5) is 38.1. The summed E-state index contributed by atoms with van der Waals surface area (Å²) in [5.41, 5.74) is 0. The van der Waals surface area contributed by atoms with Crippen LogP contribution in [-0.2, 0) is 28.6 Å². The van der Waals surface area contributed by atoms with E-state index in [2.05, 4.69) is 34.6 Å². The lowest BCUT2D eigenvalue weighted by Gasteiger charge is -2.18. The van der Waals surface area contributed by atoms with E-state index < -0.39 is 6.10 Å². The van der Waals surface area contributed by atoms with E-state index in [0.29, 0.717) is 19.3 Å². The molecule has 2 atom stereocenters. The van der Waals surface area contributed by atoms with Crippen molar-refractivity contribution in [2.24, 2.45) is 11.8 Å². The first-order valence-corrected chi connectivity index (χ1v) is 29.3. The van der Waals surface area contributed by atoms with Crippen LogP contribution >= 0.6 is 0 Å². The Kier molecular flexibility index (Phi) is 50.5. The molecule has 0 bridgehead atoms. The lowest BCUT2D eigenvalue weighted by Crippen LogP contribution is -2.30. The first-order chi connectivity index (χ1) is 31.8. The number of rotatable bonds is 53. The quantitative estimate of drug-likeness (QED) is 0.0344. The largest absolute Gasteiger partial charge is 0.462 e. The average Bonchev–Trinajstić information content (AvgIpc) is 3.29. The van der Waals surface area contributed by atoms with Gasteiger partial charge in [-0.05, 0) is 31.1 Å². The summed E-state index contributed by atoms with van der Waals surface area (Å²) in [6.45, 7) is 11.4. The zero-order valence-electron chi connectivity index (χ0n) is 44.6. The highest BCUT2D eigenvalue weighted by molar-refractivity contribution is 5.71. The zero-order chi connectivity index (χ0) is 47.5. The molecule has 0 aliphatic rings. The van der Waals surface area contributed by atoms with Crippen LogP contribution in [0.1, 0.15) is 330 Å². The van der Waals surface area contributed by atoms with Crippen LogP contribution in [0.3, 0.4) is 0 Å². The van der Waals surface area contributed by atoms with Gasteiger partial charge in [-0.1, -0.05) is 291 Å². The molecule has 0 rings (SSSR count). The van der Waals surface area contributed by atoms with Crippen LogP contribution in [0, 0.1) is 11.8 Å². The van der Waals surface area contributed by atoms with Crippen LogP contribution in [-0.4, -0.2) is 37.2 Å². The van der Waals surface area contributed by atoms with E-state index in [1.807, 2.05) is 0 Å². The molecule has 0 saturated heterocycles. The van der Waals surface area contributed by atoms with Gasteiger partial charge in [0.15, 0.2) is 6.10 Å². The summed E-state index contributed by atoms with van der Waals surface area (Å²) in [6, 6.07) is 0. The Balaban J connectivity index is 4.27. The molecule has 0 heterocycles. The normalized spacial score (nSPS) is 12.5. The van der Waals surface area contributed by atoms with E-state index in [-0.39, 0.29) is 31.1 Å². The van der Waals surface area contributed by atoms with E-state index in [4.69, 9.17) is 14.2 Å². The van der Waals surface area contributed by atoms with Crippen molar-refractivity contribution in [3.8, 4) is 0 Å². The van der Waals surface area contributed by atoms with Gasteiger partial charge in [0, 0.05) is 19.3 Å². The molecule has 6 nitrogen and oxygen atoms in total. The second kappa shape index (κ2) is 51.8. The summed E-state index contributed by atoms with van der Waals surface area (Å²) < 4.78 is 16.9. The minimum absolute atomic E-state index is 0.0630. The standard InChI is InChI=1S/C59H114O6/c1-6-8-9-10-11-12-13-14-15-16-17-18-19-22-25-28-34-39-44-49-57(60)63-52-56(53-64-58(61)50-45-40-35-31-30-33-38-43-48-55(5)7-2)65-59(62)51-46-41-36-29-26-23-20-21-24-27-32-37-42-47-54(3)4/h54-56H,6-53H2,1-5H3/t55?,56-/m0/s1. The number of ether oxygens (including phenoxy) is 3. The fraction of sp³-hybridized carbons (Fsp3) is 0.949. The van der Waals surface area contributed by atoms with Crippen LogP contribution in [0.5, 0.6) is 0 Å². The molecule has 0 aromatic heterocycles. The molecule has 6 heteroatoms. The highest BCUT2D eigenvalue weighted by Crippen LogP contribution is 2.19. The lowest BCUT2D eigenvalue weighted by atomic mass is 9.99. The van der Waals surface area contributed by atoms with Gasteiger partial charge in [-0.2, -0.15) is 0 Å². The van der Waals surface area contributed by atoms with Gasteiger partial charge < -0.3 is 14.2 Å². The van der Waals surface area contributed by atoms with Crippen LogP contribution in [0.15, 0.2) is 0 Å². The van der Waals surface area contributed by atoms with E-state index in [0.717, 1.165) is 69.6 Å². The van der Waals surface area contributed by atoms with Gasteiger partial charge in [0.25, 0.3) is 0 Å². The molecular formula is C59H114O6. The summed E-state index contributed by atoms with van der Waals surface area (Å²) >= 11 is 0. The zero-order valence-corrected chi connectivity index (χ0v) is 44.6. The van der Waals surface area contributed by atoms with E-state index in [1.165, 1.54) is 218 Å². The van der Waals surface area contributed by atoms with Gasteiger partial charge in [0.05, 0.1) is 0 Å². The van der Waals surface area contributed by atoms with Crippen LogP contribution in [0.2, 0.25) is 0 Å². The number of hydrogen-bond acceptors (Lipinski definition) is 6. The van der Waals surface area contributed by atoms with Crippen molar-refractivity contribution in [2.45, 2.75) is 336 Å². The van der Waals surface area contributed by atoms with Gasteiger partial charge in [0.2, 0.25) is 0 Å². The fourth-order valence-corrected chi connectivity index (χ4v) is 9.02. The molecule has 0 N–H and O–H groups in total. The molecule has 0 radical (unpaired) electrons. The molecule has 0 fully saturated rings. The molecule has 65 heavy (non-hydrogen) atoms. The Hall–Kier alpha value is -1.59. The Morgan fingerprint density at radius 3 is 0.877 bits per heavy atom. The van der Waals surface area contributed by atoms with Crippen LogP contribution in [0.25, 0.3) is 0 Å². The highest BCUT2D eigenvalue weighted by atomic mass is 16.6. The van der Waals surface area contributed by atoms with Gasteiger partial charge in [-0.25, -0.2) is 0 Å². The first kappa shape index (κ1) is 63.4. The van der Waals surface area contributed by atoms with Gasteiger partial charge in [0.1, 0.15) is 13.2 Å². The number of carbonyl (C=O) groups excluding carboxylic acids is 3. The van der Waals surface area contributed by atoms with E-state index in [9.17, 15) is 14.4 Å². The third kappa shape index (κ3) is 51.6. The molecule has 0 aliphatic heterocycles. The molecule has 0 amide bonds. The minimum Gasteiger partial charge on any atom is -0.462 e. The Bertz CT molecular complexity index is 995. The second-order valence-electron chi connectivity index (χ2n) is 21.0. The number of hydrogen-bond donors (Lipinski definition) is 0. The monoisotopic (exact) mass is 919 g/mol. The molecule has 0 saturated carbocycles. The molecule has 0 aliphatic carbocycles. The Labute approximate surface area is 406 Å². The highest BCUT2D eigenvalue weighted by Gasteiger charge is 2.19. The predicted octanol–water partition coefficient (Wildman–Crippen LogP) is 19.3. The molecular weight excluding hydrogens is 805 g/mol. The average molecular weight is 920 g/mol. The second-order valence-corrected chi connectivity index (χ2v) is 21.0. The SMILES string of the molecule is CCCCCCCCCCCCCCCCCCCCCC(=O)OC[C@@H](COC(=O)CCCCCCCCCCC(C)CC)OC(=O)CCCCCCCCCCCCCCCC(C)C. The molecule has 1 unspecified atom stereocenters. The third-order valence-corrected chi connectivity index (χ3v) is 13.8. The van der Waals surface area contributed by atoms with Crippen molar-refractivity contribution < 1.29 is 28.6 Å². The van der Waals surface area contributed by atoms with Crippen molar-refractivity contribution in [1.82, 2.24) is 0 Å². The fourth-order valence-electron chi connectivity index (χ4n) is 9.02.